The van der Waals surface area contributed by atoms with Gasteiger partial charge >= 0.3 is 0 Å². The molecule has 0 bridgehead atoms. The van der Waals surface area contributed by atoms with Crippen molar-refractivity contribution in [2.75, 3.05) is 22.9 Å². The molecule has 0 amide bonds. The molecule has 4 nitrogen and oxygen atoms in total. The molecule has 0 atom stereocenters. The van der Waals surface area contributed by atoms with Crippen molar-refractivity contribution in [1.82, 2.24) is 0 Å². The lowest BCUT2D eigenvalue weighted by molar-refractivity contribution is 0.582. The monoisotopic (exact) mass is 675 g/mol. The summed E-state index contributed by atoms with van der Waals surface area (Å²) in [6.45, 7) is 35.5. The van der Waals surface area contributed by atoms with Crippen LogP contribution in [0.25, 0.3) is 0 Å². The van der Waals surface area contributed by atoms with Gasteiger partial charge in [0, 0.05) is 34.6 Å². The Bertz CT molecular complexity index is 1640. The van der Waals surface area contributed by atoms with E-state index >= 15 is 0 Å². The van der Waals surface area contributed by atoms with E-state index in [-0.39, 0.29) is 33.5 Å². The van der Waals surface area contributed by atoms with Crippen molar-refractivity contribution in [3.8, 4) is 0 Å². The van der Waals surface area contributed by atoms with Crippen molar-refractivity contribution in [1.29, 1.82) is 0 Å². The van der Waals surface area contributed by atoms with E-state index in [0.29, 0.717) is 0 Å². The van der Waals surface area contributed by atoms with Crippen molar-refractivity contribution >= 4 is 22.7 Å². The highest BCUT2D eigenvalue weighted by atomic mass is 14.7. The van der Waals surface area contributed by atoms with Crippen molar-refractivity contribution < 1.29 is 0 Å². The minimum atomic E-state index is -0.300. The SMILES string of the molecule is Cc1cc(C(c2cc(C)cc(C(C)(C)C)c2N)C(c2cc(C)cc(C(C)(C)C)c2N)c2cc(C)cc(C(C)(C)C)c2N)c(N)c(C(C)(C)C)c1. The highest BCUT2D eigenvalue weighted by Crippen LogP contribution is 2.54. The smallest absolute Gasteiger partial charge is 0.0391 e. The van der Waals surface area contributed by atoms with E-state index in [2.05, 4.69) is 159 Å². The second-order valence-corrected chi connectivity index (χ2v) is 19.2. The van der Waals surface area contributed by atoms with Crippen LogP contribution in [0, 0.1) is 27.7 Å². The standard InChI is InChI=1S/C46H66N4/c1-25-17-29(39(47)33(21-25)43(5,6)7)37(30-18-26(2)22-34(40(30)48)44(8,9)10)38(31-19-27(3)23-35(41(31)49)45(11,12)13)32-20-28(4)24-36(42(32)50)46(14,15)16/h17-24,37-38H,47-50H2,1-16H3. The minimum absolute atomic E-state index is 0.177. The van der Waals surface area contributed by atoms with Gasteiger partial charge in [-0.25, -0.2) is 0 Å². The molecule has 4 aromatic rings. The molecule has 0 saturated heterocycles. The predicted molar refractivity (Wildman–Crippen MR) is 221 cm³/mol. The van der Waals surface area contributed by atoms with E-state index in [1.165, 1.54) is 0 Å². The average Bonchev–Trinajstić information content (AvgIpc) is 2.94. The van der Waals surface area contributed by atoms with Gasteiger partial charge in [0.1, 0.15) is 0 Å². The van der Waals surface area contributed by atoms with Crippen LogP contribution in [0.15, 0.2) is 48.5 Å². The number of nitrogen functional groups attached to an aromatic ring is 4. The maximum absolute atomic E-state index is 7.41. The third kappa shape index (κ3) is 7.55. The number of rotatable bonds is 5. The number of hydrogen-bond acceptors (Lipinski definition) is 4. The van der Waals surface area contributed by atoms with E-state index in [0.717, 1.165) is 89.5 Å². The van der Waals surface area contributed by atoms with Gasteiger partial charge in [-0.05, 0) is 93.9 Å². The van der Waals surface area contributed by atoms with Gasteiger partial charge in [-0.1, -0.05) is 154 Å². The molecule has 0 heterocycles. The molecule has 0 aliphatic carbocycles. The summed E-state index contributed by atoms with van der Waals surface area (Å²) in [5.74, 6) is -0.600. The summed E-state index contributed by atoms with van der Waals surface area (Å²) in [5, 5.41) is 0. The summed E-state index contributed by atoms with van der Waals surface area (Å²) < 4.78 is 0. The first-order chi connectivity index (χ1) is 22.6. The van der Waals surface area contributed by atoms with Gasteiger partial charge in [0.15, 0.2) is 0 Å². The van der Waals surface area contributed by atoms with E-state index in [4.69, 9.17) is 22.9 Å². The number of benzene rings is 4. The molecule has 50 heavy (non-hydrogen) atoms. The van der Waals surface area contributed by atoms with Gasteiger partial charge in [-0.3, -0.25) is 0 Å². The molecule has 0 unspecified atom stereocenters. The lowest BCUT2D eigenvalue weighted by Crippen LogP contribution is -2.26. The van der Waals surface area contributed by atoms with Crippen molar-refractivity contribution in [3.63, 3.8) is 0 Å². The molecule has 4 aromatic carbocycles. The lowest BCUT2D eigenvalue weighted by atomic mass is 9.67. The fourth-order valence-electron chi connectivity index (χ4n) is 7.87. The second-order valence-electron chi connectivity index (χ2n) is 19.2. The fraction of sp³-hybridized carbons (Fsp3) is 0.478. The zero-order valence-corrected chi connectivity index (χ0v) is 34.1. The quantitative estimate of drug-likeness (QED) is 0.158. The topological polar surface area (TPSA) is 104 Å². The number of aryl methyl sites for hydroxylation is 4. The van der Waals surface area contributed by atoms with Gasteiger partial charge in [0.2, 0.25) is 0 Å². The van der Waals surface area contributed by atoms with E-state index in [1.807, 2.05) is 0 Å². The molecule has 0 saturated carbocycles. The predicted octanol–water partition coefficient (Wildman–Crippen LogP) is 11.4. The Morgan fingerprint density at radius 2 is 0.480 bits per heavy atom. The highest BCUT2D eigenvalue weighted by Gasteiger charge is 2.38. The lowest BCUT2D eigenvalue weighted by Gasteiger charge is -2.37. The van der Waals surface area contributed by atoms with Crippen LogP contribution in [0.2, 0.25) is 0 Å². The van der Waals surface area contributed by atoms with Gasteiger partial charge in [-0.2, -0.15) is 0 Å². The van der Waals surface area contributed by atoms with Crippen molar-refractivity contribution in [2.45, 2.75) is 144 Å². The summed E-state index contributed by atoms with van der Waals surface area (Å²) in [7, 11) is 0. The van der Waals surface area contributed by atoms with E-state index in [9.17, 15) is 0 Å². The molecule has 0 radical (unpaired) electrons. The largest absolute Gasteiger partial charge is 0.398 e. The maximum Gasteiger partial charge on any atom is 0.0391 e. The first-order valence-corrected chi connectivity index (χ1v) is 18.3. The number of anilines is 4. The summed E-state index contributed by atoms with van der Waals surface area (Å²) >= 11 is 0. The Kier molecular flexibility index (Phi) is 10.1. The van der Waals surface area contributed by atoms with Crippen LogP contribution < -0.4 is 22.9 Å². The van der Waals surface area contributed by atoms with E-state index in [1.54, 1.807) is 0 Å². The Balaban J connectivity index is 2.39. The molecule has 8 N–H and O–H groups in total. The Labute approximate surface area is 304 Å². The third-order valence-corrected chi connectivity index (χ3v) is 10.3. The molecule has 0 aliphatic rings. The molecule has 270 valence electrons. The molecule has 4 heteroatoms. The third-order valence-electron chi connectivity index (χ3n) is 10.3. The summed E-state index contributed by atoms with van der Waals surface area (Å²) in [5.41, 5.74) is 45.4. The van der Waals surface area contributed by atoms with Gasteiger partial charge in [0.25, 0.3) is 0 Å². The van der Waals surface area contributed by atoms with Crippen LogP contribution in [0.3, 0.4) is 0 Å². The molecule has 0 fully saturated rings. The number of nitrogens with two attached hydrogens (primary N) is 4. The summed E-state index contributed by atoms with van der Waals surface area (Å²) in [4.78, 5) is 0. The average molecular weight is 675 g/mol. The molecule has 0 aliphatic heterocycles. The molecule has 0 spiro atoms. The van der Waals surface area contributed by atoms with Crippen LogP contribution in [0.4, 0.5) is 22.7 Å². The Morgan fingerprint density at radius 3 is 0.620 bits per heavy atom. The zero-order chi connectivity index (χ0) is 38.0. The van der Waals surface area contributed by atoms with Gasteiger partial charge in [0.05, 0.1) is 0 Å². The normalized spacial score (nSPS) is 13.1. The van der Waals surface area contributed by atoms with Crippen molar-refractivity contribution in [3.05, 3.63) is 115 Å². The molecule has 4 rings (SSSR count). The fourth-order valence-corrected chi connectivity index (χ4v) is 7.87. The Morgan fingerprint density at radius 1 is 0.320 bits per heavy atom. The van der Waals surface area contributed by atoms with Crippen molar-refractivity contribution in [2.24, 2.45) is 0 Å². The second kappa shape index (κ2) is 13.0. The first-order valence-electron chi connectivity index (χ1n) is 18.3. The van der Waals surface area contributed by atoms with E-state index < -0.39 is 0 Å². The van der Waals surface area contributed by atoms with Crippen LogP contribution >= 0.6 is 0 Å². The Hall–Kier alpha value is -3.92. The highest BCUT2D eigenvalue weighted by molar-refractivity contribution is 5.73. The summed E-state index contributed by atoms with van der Waals surface area (Å²) in [6.07, 6.45) is 0. The number of hydrogen-bond donors (Lipinski definition) is 4. The molecular weight excluding hydrogens is 609 g/mol. The van der Waals surface area contributed by atoms with Crippen LogP contribution in [-0.4, -0.2) is 0 Å². The maximum atomic E-state index is 7.41. The minimum Gasteiger partial charge on any atom is -0.398 e. The summed E-state index contributed by atoms with van der Waals surface area (Å²) in [6, 6.07) is 18.0. The van der Waals surface area contributed by atoms with Gasteiger partial charge in [-0.15, -0.1) is 0 Å². The van der Waals surface area contributed by atoms with Crippen LogP contribution in [-0.2, 0) is 21.7 Å². The van der Waals surface area contributed by atoms with Gasteiger partial charge < -0.3 is 22.9 Å². The molecule has 0 aromatic heterocycles. The zero-order valence-electron chi connectivity index (χ0n) is 34.1. The first kappa shape index (κ1) is 38.9. The molecular formula is C46H66N4. The van der Waals surface area contributed by atoms with Crippen LogP contribution in [0.5, 0.6) is 0 Å². The van der Waals surface area contributed by atoms with Crippen LogP contribution in [0.1, 0.15) is 162 Å².